The Labute approximate surface area is 120 Å². The van der Waals surface area contributed by atoms with Crippen molar-refractivity contribution >= 4 is 22.6 Å². The molecule has 0 atom stereocenters. The van der Waals surface area contributed by atoms with E-state index in [0.717, 1.165) is 11.0 Å². The minimum Gasteiger partial charge on any atom is -0.324 e. The number of rotatable bonds is 3. The van der Waals surface area contributed by atoms with Crippen molar-refractivity contribution in [2.24, 2.45) is 0 Å². The molecule has 0 unspecified atom stereocenters. The number of carbonyl (C=O) groups excluding carboxylic acids is 1. The van der Waals surface area contributed by atoms with Crippen molar-refractivity contribution in [1.82, 2.24) is 15.0 Å². The summed E-state index contributed by atoms with van der Waals surface area (Å²) in [5.41, 5.74) is 2.80. The number of nitrogens with one attached hydrogen (secondary N) is 1. The van der Waals surface area contributed by atoms with Gasteiger partial charge in [0.1, 0.15) is 17.9 Å². The lowest BCUT2D eigenvalue weighted by molar-refractivity contribution is -0.116. The number of hydrogen-bond donors (Lipinski definition) is 1. The number of hydrogen-bond acceptors (Lipinski definition) is 3. The molecule has 106 valence electrons. The molecule has 1 heterocycles. The van der Waals surface area contributed by atoms with E-state index in [9.17, 15) is 9.18 Å². The van der Waals surface area contributed by atoms with Crippen LogP contribution in [0.2, 0.25) is 0 Å². The molecular formula is C15H13FN4O. The Morgan fingerprint density at radius 3 is 2.90 bits per heavy atom. The highest BCUT2D eigenvalue weighted by Crippen LogP contribution is 2.16. The van der Waals surface area contributed by atoms with Gasteiger partial charge in [-0.1, -0.05) is 17.3 Å². The fourth-order valence-corrected chi connectivity index (χ4v) is 2.13. The maximum Gasteiger partial charge on any atom is 0.246 e. The number of amides is 1. The van der Waals surface area contributed by atoms with Gasteiger partial charge in [0.25, 0.3) is 0 Å². The molecule has 3 rings (SSSR count). The van der Waals surface area contributed by atoms with Crippen molar-refractivity contribution in [2.45, 2.75) is 13.5 Å². The van der Waals surface area contributed by atoms with Gasteiger partial charge in [-0.2, -0.15) is 0 Å². The first kappa shape index (κ1) is 13.2. The van der Waals surface area contributed by atoms with Crippen molar-refractivity contribution < 1.29 is 9.18 Å². The first-order valence-electron chi connectivity index (χ1n) is 6.48. The molecule has 0 saturated carbocycles. The number of aryl methyl sites for hydroxylation is 1. The molecule has 0 spiro atoms. The first-order valence-corrected chi connectivity index (χ1v) is 6.48. The summed E-state index contributed by atoms with van der Waals surface area (Å²) >= 11 is 0. The maximum atomic E-state index is 13.0. The van der Waals surface area contributed by atoms with Crippen LogP contribution in [0.25, 0.3) is 11.0 Å². The van der Waals surface area contributed by atoms with Gasteiger partial charge >= 0.3 is 0 Å². The van der Waals surface area contributed by atoms with E-state index in [1.54, 1.807) is 13.0 Å². The zero-order valence-electron chi connectivity index (χ0n) is 11.4. The van der Waals surface area contributed by atoms with Crippen LogP contribution in [0.1, 0.15) is 5.56 Å². The molecule has 0 saturated heterocycles. The van der Waals surface area contributed by atoms with E-state index in [-0.39, 0.29) is 18.3 Å². The lowest BCUT2D eigenvalue weighted by Crippen LogP contribution is -2.20. The second-order valence-electron chi connectivity index (χ2n) is 4.74. The van der Waals surface area contributed by atoms with Crippen molar-refractivity contribution in [1.29, 1.82) is 0 Å². The van der Waals surface area contributed by atoms with Crippen LogP contribution in [0.15, 0.2) is 42.5 Å². The van der Waals surface area contributed by atoms with E-state index in [4.69, 9.17) is 0 Å². The van der Waals surface area contributed by atoms with Gasteiger partial charge in [0.15, 0.2) is 0 Å². The van der Waals surface area contributed by atoms with Crippen LogP contribution in [0.3, 0.4) is 0 Å². The quantitative estimate of drug-likeness (QED) is 0.804. The zero-order valence-corrected chi connectivity index (χ0v) is 11.4. The van der Waals surface area contributed by atoms with Crippen LogP contribution < -0.4 is 5.32 Å². The Morgan fingerprint density at radius 2 is 2.10 bits per heavy atom. The highest BCUT2D eigenvalue weighted by atomic mass is 19.1. The summed E-state index contributed by atoms with van der Waals surface area (Å²) < 4.78 is 14.6. The molecular weight excluding hydrogens is 271 g/mol. The standard InChI is InChI=1S/C15H13FN4O/c1-10-8-11(16)6-7-12(10)17-15(21)9-20-14-5-3-2-4-13(14)18-19-20/h2-8H,9H2,1H3,(H,17,21). The Hall–Kier alpha value is -2.76. The minimum absolute atomic E-state index is 0.0529. The predicted molar refractivity (Wildman–Crippen MR) is 77.3 cm³/mol. The highest BCUT2D eigenvalue weighted by molar-refractivity contribution is 5.92. The molecule has 1 N–H and O–H groups in total. The number of halogens is 1. The lowest BCUT2D eigenvalue weighted by atomic mass is 10.2. The minimum atomic E-state index is -0.326. The Balaban J connectivity index is 1.77. The molecule has 21 heavy (non-hydrogen) atoms. The lowest BCUT2D eigenvalue weighted by Gasteiger charge is -2.08. The number of para-hydroxylation sites is 1. The van der Waals surface area contributed by atoms with Crippen LogP contribution in [-0.2, 0) is 11.3 Å². The molecule has 1 amide bonds. The van der Waals surface area contributed by atoms with Crippen molar-refractivity contribution in [2.75, 3.05) is 5.32 Å². The van der Waals surface area contributed by atoms with E-state index >= 15 is 0 Å². The highest BCUT2D eigenvalue weighted by Gasteiger charge is 2.10. The summed E-state index contributed by atoms with van der Waals surface area (Å²) in [6.45, 7) is 1.79. The van der Waals surface area contributed by atoms with E-state index in [1.807, 2.05) is 24.3 Å². The predicted octanol–water partition coefficient (Wildman–Crippen LogP) is 2.52. The summed E-state index contributed by atoms with van der Waals surface area (Å²) in [4.78, 5) is 12.1. The molecule has 0 aliphatic heterocycles. The summed E-state index contributed by atoms with van der Waals surface area (Å²) in [5, 5.41) is 10.7. The van der Waals surface area contributed by atoms with Gasteiger partial charge in [0, 0.05) is 5.69 Å². The van der Waals surface area contributed by atoms with Gasteiger partial charge in [-0.15, -0.1) is 5.10 Å². The number of fused-ring (bicyclic) bond motifs is 1. The van der Waals surface area contributed by atoms with E-state index < -0.39 is 0 Å². The Bertz CT molecular complexity index is 812. The van der Waals surface area contributed by atoms with Crippen molar-refractivity contribution in [3.63, 3.8) is 0 Å². The molecule has 0 bridgehead atoms. The van der Waals surface area contributed by atoms with Crippen LogP contribution in [0.4, 0.5) is 10.1 Å². The van der Waals surface area contributed by atoms with Crippen LogP contribution >= 0.6 is 0 Å². The van der Waals surface area contributed by atoms with E-state index in [2.05, 4.69) is 15.6 Å². The molecule has 5 nitrogen and oxygen atoms in total. The second-order valence-corrected chi connectivity index (χ2v) is 4.74. The number of aromatic nitrogens is 3. The number of nitrogens with zero attached hydrogens (tertiary/aromatic N) is 3. The van der Waals surface area contributed by atoms with Gasteiger partial charge in [0.05, 0.1) is 5.52 Å². The van der Waals surface area contributed by atoms with Crippen molar-refractivity contribution in [3.8, 4) is 0 Å². The van der Waals surface area contributed by atoms with Crippen LogP contribution in [0.5, 0.6) is 0 Å². The Morgan fingerprint density at radius 1 is 1.29 bits per heavy atom. The molecule has 6 heteroatoms. The van der Waals surface area contributed by atoms with E-state index in [0.29, 0.717) is 11.3 Å². The smallest absolute Gasteiger partial charge is 0.246 e. The maximum absolute atomic E-state index is 13.0. The van der Waals surface area contributed by atoms with Crippen LogP contribution in [-0.4, -0.2) is 20.9 Å². The van der Waals surface area contributed by atoms with Gasteiger partial charge < -0.3 is 5.32 Å². The first-order chi connectivity index (χ1) is 10.1. The van der Waals surface area contributed by atoms with Gasteiger partial charge in [-0.3, -0.25) is 4.79 Å². The van der Waals surface area contributed by atoms with E-state index in [1.165, 1.54) is 16.8 Å². The number of anilines is 1. The third kappa shape index (κ3) is 2.74. The molecule has 1 aromatic heterocycles. The van der Waals surface area contributed by atoms with Gasteiger partial charge in [-0.05, 0) is 42.8 Å². The number of benzene rings is 2. The largest absolute Gasteiger partial charge is 0.324 e. The fourth-order valence-electron chi connectivity index (χ4n) is 2.13. The van der Waals surface area contributed by atoms with Gasteiger partial charge in [0.2, 0.25) is 5.91 Å². The zero-order chi connectivity index (χ0) is 14.8. The monoisotopic (exact) mass is 284 g/mol. The third-order valence-corrected chi connectivity index (χ3v) is 3.18. The molecule has 0 aliphatic rings. The summed E-state index contributed by atoms with van der Waals surface area (Å²) in [6.07, 6.45) is 0. The number of carbonyl (C=O) groups is 1. The molecule has 0 fully saturated rings. The normalized spacial score (nSPS) is 10.8. The summed E-state index contributed by atoms with van der Waals surface area (Å²) in [5.74, 6) is -0.562. The molecule has 2 aromatic carbocycles. The van der Waals surface area contributed by atoms with Crippen LogP contribution in [0, 0.1) is 12.7 Å². The molecule has 3 aromatic rings. The Kier molecular flexibility index (Phi) is 3.35. The second kappa shape index (κ2) is 5.32. The average molecular weight is 284 g/mol. The topological polar surface area (TPSA) is 59.8 Å². The van der Waals surface area contributed by atoms with Crippen molar-refractivity contribution in [3.05, 3.63) is 53.8 Å². The SMILES string of the molecule is Cc1cc(F)ccc1NC(=O)Cn1nnc2ccccc21. The van der Waals surface area contributed by atoms with Gasteiger partial charge in [-0.25, -0.2) is 9.07 Å². The molecule has 0 radical (unpaired) electrons. The summed E-state index contributed by atoms with van der Waals surface area (Å²) in [7, 11) is 0. The molecule has 0 aliphatic carbocycles. The third-order valence-electron chi connectivity index (χ3n) is 3.18. The summed E-state index contributed by atoms with van der Waals surface area (Å²) in [6, 6.07) is 11.6. The fraction of sp³-hybridized carbons (Fsp3) is 0.133. The average Bonchev–Trinajstić information content (AvgIpc) is 2.85.